The smallest absolute Gasteiger partial charge is 0.285 e. The Morgan fingerprint density at radius 3 is 2.56 bits per heavy atom. The number of amides is 2. The van der Waals surface area contributed by atoms with Gasteiger partial charge in [-0.05, 0) is 89.0 Å². The SMILES string of the molecule is COc1cc(/C=C2\SC(=S)N(NC(=O)c3ccc(C)cc3)C2=O)cc(Br)c1OCc1ccccc1C. The topological polar surface area (TPSA) is 67.9 Å². The first-order valence-electron chi connectivity index (χ1n) is 11.0. The van der Waals surface area contributed by atoms with E-state index in [1.165, 1.54) is 0 Å². The van der Waals surface area contributed by atoms with E-state index >= 15 is 0 Å². The minimum atomic E-state index is -0.410. The van der Waals surface area contributed by atoms with E-state index < -0.39 is 11.8 Å². The van der Waals surface area contributed by atoms with Crippen molar-refractivity contribution >= 4 is 62.1 Å². The zero-order valence-electron chi connectivity index (χ0n) is 19.8. The van der Waals surface area contributed by atoms with Crippen LogP contribution >= 0.6 is 39.9 Å². The van der Waals surface area contributed by atoms with Gasteiger partial charge >= 0.3 is 0 Å². The number of carbonyl (C=O) groups excluding carboxylic acids is 2. The predicted octanol–water partition coefficient (Wildman–Crippen LogP) is 6.20. The van der Waals surface area contributed by atoms with Gasteiger partial charge in [-0.1, -0.05) is 53.7 Å². The van der Waals surface area contributed by atoms with Crippen molar-refractivity contribution in [3.8, 4) is 11.5 Å². The van der Waals surface area contributed by atoms with Crippen LogP contribution in [0.1, 0.15) is 32.6 Å². The van der Waals surface area contributed by atoms with Crippen LogP contribution < -0.4 is 14.9 Å². The summed E-state index contributed by atoms with van der Waals surface area (Å²) in [6, 6.07) is 18.7. The molecule has 0 atom stereocenters. The van der Waals surface area contributed by atoms with Crippen LogP contribution in [-0.4, -0.2) is 28.3 Å². The second-order valence-electron chi connectivity index (χ2n) is 8.07. The predicted molar refractivity (Wildman–Crippen MR) is 150 cm³/mol. The first kappa shape index (κ1) is 25.9. The van der Waals surface area contributed by atoms with Gasteiger partial charge in [-0.15, -0.1) is 0 Å². The minimum absolute atomic E-state index is 0.246. The Hall–Kier alpha value is -3.14. The molecule has 1 heterocycles. The Kier molecular flexibility index (Phi) is 8.13. The first-order chi connectivity index (χ1) is 17.3. The zero-order chi connectivity index (χ0) is 25.8. The lowest BCUT2D eigenvalue weighted by Gasteiger charge is -2.16. The van der Waals surface area contributed by atoms with Crippen molar-refractivity contribution in [2.24, 2.45) is 0 Å². The van der Waals surface area contributed by atoms with Gasteiger partial charge < -0.3 is 9.47 Å². The number of halogens is 1. The van der Waals surface area contributed by atoms with Crippen molar-refractivity contribution in [3.63, 3.8) is 0 Å². The molecule has 1 aliphatic rings. The zero-order valence-corrected chi connectivity index (χ0v) is 23.1. The second kappa shape index (κ2) is 11.3. The summed E-state index contributed by atoms with van der Waals surface area (Å²) in [5.74, 6) is 0.274. The quantitative estimate of drug-likeness (QED) is 0.264. The van der Waals surface area contributed by atoms with E-state index in [1.807, 2.05) is 56.3 Å². The van der Waals surface area contributed by atoms with Crippen LogP contribution in [0.25, 0.3) is 6.08 Å². The summed E-state index contributed by atoms with van der Waals surface area (Å²) in [6.45, 7) is 4.36. The Labute approximate surface area is 227 Å². The van der Waals surface area contributed by atoms with E-state index in [4.69, 9.17) is 21.7 Å². The molecule has 0 bridgehead atoms. The van der Waals surface area contributed by atoms with Crippen molar-refractivity contribution in [2.75, 3.05) is 7.11 Å². The number of aryl methyl sites for hydroxylation is 2. The van der Waals surface area contributed by atoms with E-state index in [0.29, 0.717) is 38.6 Å². The number of nitrogens with one attached hydrogen (secondary N) is 1. The molecular formula is C27H23BrN2O4S2. The maximum absolute atomic E-state index is 13.0. The van der Waals surface area contributed by atoms with Crippen LogP contribution in [0.4, 0.5) is 0 Å². The van der Waals surface area contributed by atoms with Gasteiger partial charge in [0, 0.05) is 5.56 Å². The number of thioether (sulfide) groups is 1. The molecule has 0 radical (unpaired) electrons. The van der Waals surface area contributed by atoms with Gasteiger partial charge in [0.15, 0.2) is 15.8 Å². The molecule has 2 amide bonds. The average molecular weight is 584 g/mol. The number of hydrogen-bond acceptors (Lipinski definition) is 6. The van der Waals surface area contributed by atoms with Crippen LogP contribution in [0.15, 0.2) is 70.0 Å². The lowest BCUT2D eigenvalue weighted by molar-refractivity contribution is -0.123. The van der Waals surface area contributed by atoms with E-state index in [1.54, 1.807) is 31.4 Å². The van der Waals surface area contributed by atoms with E-state index in [2.05, 4.69) is 21.4 Å². The number of thiocarbonyl (C=S) groups is 1. The highest BCUT2D eigenvalue weighted by molar-refractivity contribution is 9.10. The largest absolute Gasteiger partial charge is 0.493 e. The number of benzene rings is 3. The molecule has 1 N–H and O–H groups in total. The lowest BCUT2D eigenvalue weighted by atomic mass is 10.1. The van der Waals surface area contributed by atoms with Crippen LogP contribution in [0.5, 0.6) is 11.5 Å². The molecule has 1 saturated heterocycles. The molecule has 3 aromatic rings. The number of methoxy groups -OCH3 is 1. The third kappa shape index (κ3) is 5.80. The van der Waals surface area contributed by atoms with E-state index in [0.717, 1.165) is 33.5 Å². The Morgan fingerprint density at radius 1 is 1.14 bits per heavy atom. The summed E-state index contributed by atoms with van der Waals surface area (Å²) in [4.78, 5) is 26.0. The Balaban J connectivity index is 1.51. The highest BCUT2D eigenvalue weighted by Gasteiger charge is 2.34. The van der Waals surface area contributed by atoms with Crippen molar-refractivity contribution in [1.29, 1.82) is 0 Å². The number of carbonyl (C=O) groups is 2. The van der Waals surface area contributed by atoms with Crippen LogP contribution in [0.2, 0.25) is 0 Å². The first-order valence-corrected chi connectivity index (χ1v) is 13.0. The van der Waals surface area contributed by atoms with Crippen LogP contribution in [0.3, 0.4) is 0 Å². The number of ether oxygens (including phenoxy) is 2. The fraction of sp³-hybridized carbons (Fsp3) is 0.148. The van der Waals surface area contributed by atoms with Crippen molar-refractivity contribution < 1.29 is 19.1 Å². The molecule has 0 aromatic heterocycles. The molecule has 0 spiro atoms. The van der Waals surface area contributed by atoms with Gasteiger partial charge in [0.2, 0.25) is 0 Å². The highest BCUT2D eigenvalue weighted by atomic mass is 79.9. The molecule has 1 fully saturated rings. The summed E-state index contributed by atoms with van der Waals surface area (Å²) in [7, 11) is 1.56. The maximum atomic E-state index is 13.0. The average Bonchev–Trinajstić information content (AvgIpc) is 3.11. The lowest BCUT2D eigenvalue weighted by Crippen LogP contribution is -2.44. The third-order valence-electron chi connectivity index (χ3n) is 5.50. The molecule has 3 aromatic carbocycles. The van der Waals surface area contributed by atoms with Gasteiger partial charge in [0.05, 0.1) is 16.5 Å². The van der Waals surface area contributed by atoms with Gasteiger partial charge in [0.1, 0.15) is 6.61 Å². The summed E-state index contributed by atoms with van der Waals surface area (Å²) < 4.78 is 12.5. The molecule has 4 rings (SSSR count). The fourth-order valence-corrected chi connectivity index (χ4v) is 5.23. The highest BCUT2D eigenvalue weighted by Crippen LogP contribution is 2.39. The Morgan fingerprint density at radius 2 is 1.86 bits per heavy atom. The molecule has 36 heavy (non-hydrogen) atoms. The standard InChI is InChI=1S/C27H23BrN2O4S2/c1-16-8-10-19(11-9-16)25(31)29-30-26(32)23(36-27(30)35)14-18-12-21(28)24(22(13-18)33-3)34-15-20-7-5-4-6-17(20)2/h4-14H,15H2,1-3H3,(H,29,31)/b23-14-. The molecule has 0 unspecified atom stereocenters. The molecule has 0 saturated carbocycles. The fourth-order valence-electron chi connectivity index (χ4n) is 3.47. The van der Waals surface area contributed by atoms with E-state index in [-0.39, 0.29) is 4.32 Å². The van der Waals surface area contributed by atoms with Gasteiger partial charge in [0.25, 0.3) is 11.8 Å². The minimum Gasteiger partial charge on any atom is -0.493 e. The third-order valence-corrected chi connectivity index (χ3v) is 7.39. The van der Waals surface area contributed by atoms with Crippen LogP contribution in [-0.2, 0) is 11.4 Å². The van der Waals surface area contributed by atoms with Gasteiger partial charge in [-0.3, -0.25) is 15.0 Å². The van der Waals surface area contributed by atoms with E-state index in [9.17, 15) is 9.59 Å². The summed E-state index contributed by atoms with van der Waals surface area (Å²) in [6.07, 6.45) is 1.70. The number of hydrazine groups is 1. The normalized spacial score (nSPS) is 14.3. The van der Waals surface area contributed by atoms with Gasteiger partial charge in [-0.2, -0.15) is 5.01 Å². The summed E-state index contributed by atoms with van der Waals surface area (Å²) in [5, 5.41) is 1.10. The van der Waals surface area contributed by atoms with Crippen molar-refractivity contribution in [2.45, 2.75) is 20.5 Å². The monoisotopic (exact) mass is 582 g/mol. The number of hydrogen-bond donors (Lipinski definition) is 1. The van der Waals surface area contributed by atoms with Crippen molar-refractivity contribution in [3.05, 3.63) is 97.9 Å². The summed E-state index contributed by atoms with van der Waals surface area (Å²) >= 11 is 10.0. The molecule has 9 heteroatoms. The van der Waals surface area contributed by atoms with Gasteiger partial charge in [-0.25, -0.2) is 0 Å². The second-order valence-corrected chi connectivity index (χ2v) is 10.6. The number of rotatable bonds is 7. The molecular weight excluding hydrogens is 560 g/mol. The van der Waals surface area contributed by atoms with Crippen LogP contribution in [0, 0.1) is 13.8 Å². The molecule has 184 valence electrons. The molecule has 1 aliphatic heterocycles. The summed E-state index contributed by atoms with van der Waals surface area (Å²) in [5.41, 5.74) is 7.00. The maximum Gasteiger partial charge on any atom is 0.285 e. The molecule has 6 nitrogen and oxygen atoms in total. The number of nitrogens with zero attached hydrogens (tertiary/aromatic N) is 1. The molecule has 0 aliphatic carbocycles. The van der Waals surface area contributed by atoms with Crippen molar-refractivity contribution in [1.82, 2.24) is 10.4 Å². The Bertz CT molecular complexity index is 1370.